The van der Waals surface area contributed by atoms with Gasteiger partial charge in [0.1, 0.15) is 4.88 Å². The van der Waals surface area contributed by atoms with E-state index in [0.717, 1.165) is 11.3 Å². The number of hydrogen-bond acceptors (Lipinski definition) is 5. The molecule has 0 aliphatic rings. The molecule has 122 valence electrons. The quantitative estimate of drug-likeness (QED) is 0.763. The molecule has 2 aromatic rings. The fourth-order valence-corrected chi connectivity index (χ4v) is 2.58. The van der Waals surface area contributed by atoms with E-state index in [0.29, 0.717) is 11.4 Å². The number of ether oxygens (including phenoxy) is 1. The Hall–Kier alpha value is -2.34. The first-order chi connectivity index (χ1) is 11.0. The van der Waals surface area contributed by atoms with E-state index in [9.17, 15) is 9.59 Å². The molecule has 6 heteroatoms. The van der Waals surface area contributed by atoms with Crippen molar-refractivity contribution in [1.82, 2.24) is 4.90 Å². The van der Waals surface area contributed by atoms with E-state index in [1.54, 1.807) is 29.5 Å². The van der Waals surface area contributed by atoms with Gasteiger partial charge in [0.25, 0.3) is 5.91 Å². The summed E-state index contributed by atoms with van der Waals surface area (Å²) in [6.45, 7) is 0.228. The standard InChI is InChI=1S/C17H20N2O3S/c1-18(2)14-8-6-13(7-9-14)11-19(3)16(20)12-22-17(21)15-5-4-10-23-15/h4-10H,11-12H2,1-3H3. The van der Waals surface area contributed by atoms with Crippen molar-refractivity contribution in [2.45, 2.75) is 6.54 Å². The number of carbonyl (C=O) groups excluding carboxylic acids is 2. The van der Waals surface area contributed by atoms with Gasteiger partial charge in [-0.3, -0.25) is 4.79 Å². The number of anilines is 1. The highest BCUT2D eigenvalue weighted by molar-refractivity contribution is 7.11. The van der Waals surface area contributed by atoms with Crippen molar-refractivity contribution in [2.75, 3.05) is 32.6 Å². The van der Waals surface area contributed by atoms with Crippen molar-refractivity contribution < 1.29 is 14.3 Å². The zero-order chi connectivity index (χ0) is 16.8. The predicted octanol–water partition coefficient (Wildman–Crippen LogP) is 2.63. The van der Waals surface area contributed by atoms with Gasteiger partial charge in [0.15, 0.2) is 6.61 Å². The fraction of sp³-hybridized carbons (Fsp3) is 0.294. The molecule has 0 spiro atoms. The summed E-state index contributed by atoms with van der Waals surface area (Å²) in [7, 11) is 5.65. The summed E-state index contributed by atoms with van der Waals surface area (Å²) < 4.78 is 5.03. The second-order valence-corrected chi connectivity index (χ2v) is 6.31. The minimum atomic E-state index is -0.461. The number of carbonyl (C=O) groups is 2. The predicted molar refractivity (Wildman–Crippen MR) is 91.8 cm³/mol. The second kappa shape index (κ2) is 7.78. The van der Waals surface area contributed by atoms with Gasteiger partial charge >= 0.3 is 5.97 Å². The molecule has 1 aromatic carbocycles. The van der Waals surface area contributed by atoms with Crippen LogP contribution in [-0.2, 0) is 16.1 Å². The smallest absolute Gasteiger partial charge is 0.348 e. The van der Waals surface area contributed by atoms with E-state index < -0.39 is 5.97 Å². The van der Waals surface area contributed by atoms with Crippen molar-refractivity contribution in [1.29, 1.82) is 0 Å². The molecule has 0 saturated carbocycles. The number of likely N-dealkylation sites (N-methyl/N-ethyl adjacent to an activating group) is 1. The molecule has 0 bridgehead atoms. The molecule has 2 rings (SSSR count). The van der Waals surface area contributed by atoms with Crippen molar-refractivity contribution in [3.63, 3.8) is 0 Å². The number of rotatable bonds is 6. The zero-order valence-electron chi connectivity index (χ0n) is 13.5. The molecular formula is C17H20N2O3S. The highest BCUT2D eigenvalue weighted by Crippen LogP contribution is 2.14. The number of thiophene rings is 1. The maximum Gasteiger partial charge on any atom is 0.348 e. The molecule has 0 fully saturated rings. The van der Waals surface area contributed by atoms with E-state index in [1.165, 1.54) is 11.3 Å². The van der Waals surface area contributed by atoms with Crippen LogP contribution in [0.25, 0.3) is 0 Å². The lowest BCUT2D eigenvalue weighted by Crippen LogP contribution is -2.30. The minimum absolute atomic E-state index is 0.230. The van der Waals surface area contributed by atoms with Crippen LogP contribution in [0.2, 0.25) is 0 Å². The SMILES string of the molecule is CN(Cc1ccc(N(C)C)cc1)C(=O)COC(=O)c1cccs1. The summed E-state index contributed by atoms with van der Waals surface area (Å²) in [5.41, 5.74) is 2.13. The van der Waals surface area contributed by atoms with Gasteiger partial charge < -0.3 is 14.5 Å². The van der Waals surface area contributed by atoms with Crippen LogP contribution in [0.1, 0.15) is 15.2 Å². The van der Waals surface area contributed by atoms with Crippen molar-refractivity contribution in [3.8, 4) is 0 Å². The number of esters is 1. The average molecular weight is 332 g/mol. The topological polar surface area (TPSA) is 49.9 Å². The van der Waals surface area contributed by atoms with Gasteiger partial charge in [-0.05, 0) is 29.1 Å². The van der Waals surface area contributed by atoms with E-state index in [2.05, 4.69) is 0 Å². The van der Waals surface area contributed by atoms with Gasteiger partial charge in [0.2, 0.25) is 0 Å². The number of nitrogens with zero attached hydrogens (tertiary/aromatic N) is 2. The fourth-order valence-electron chi connectivity index (χ4n) is 1.96. The summed E-state index contributed by atoms with van der Waals surface area (Å²) in [4.78, 5) is 27.8. The van der Waals surface area contributed by atoms with Gasteiger partial charge in [-0.2, -0.15) is 0 Å². The summed E-state index contributed by atoms with van der Waals surface area (Å²) in [5.74, 6) is -0.691. The number of hydrogen-bond donors (Lipinski definition) is 0. The summed E-state index contributed by atoms with van der Waals surface area (Å²) in [6.07, 6.45) is 0. The van der Waals surface area contributed by atoms with Gasteiger partial charge in [0, 0.05) is 33.4 Å². The Labute approximate surface area is 140 Å². The molecule has 0 saturated heterocycles. The van der Waals surface area contributed by atoms with Crippen LogP contribution in [0.15, 0.2) is 41.8 Å². The van der Waals surface area contributed by atoms with Crippen LogP contribution in [0.4, 0.5) is 5.69 Å². The molecular weight excluding hydrogens is 312 g/mol. The zero-order valence-corrected chi connectivity index (χ0v) is 14.3. The van der Waals surface area contributed by atoms with Gasteiger partial charge in [-0.15, -0.1) is 11.3 Å². The van der Waals surface area contributed by atoms with Gasteiger partial charge in [-0.1, -0.05) is 18.2 Å². The summed E-state index contributed by atoms with van der Waals surface area (Å²) >= 11 is 1.29. The van der Waals surface area contributed by atoms with Crippen molar-refractivity contribution >= 4 is 28.9 Å². The molecule has 0 aliphatic heterocycles. The monoisotopic (exact) mass is 332 g/mol. The molecule has 1 aromatic heterocycles. The van der Waals surface area contributed by atoms with Crippen LogP contribution in [-0.4, -0.2) is 44.5 Å². The third kappa shape index (κ3) is 4.82. The normalized spacial score (nSPS) is 10.2. The first-order valence-corrected chi connectivity index (χ1v) is 8.06. The van der Waals surface area contributed by atoms with Crippen molar-refractivity contribution in [3.05, 3.63) is 52.2 Å². The van der Waals surface area contributed by atoms with Crippen LogP contribution >= 0.6 is 11.3 Å². The van der Waals surface area contributed by atoms with E-state index >= 15 is 0 Å². The maximum atomic E-state index is 12.0. The Kier molecular flexibility index (Phi) is 5.76. The third-order valence-corrected chi connectivity index (χ3v) is 4.20. The first kappa shape index (κ1) is 17.0. The van der Waals surface area contributed by atoms with E-state index in [4.69, 9.17) is 4.74 Å². The summed E-state index contributed by atoms with van der Waals surface area (Å²) in [6, 6.07) is 11.4. The lowest BCUT2D eigenvalue weighted by atomic mass is 10.2. The maximum absolute atomic E-state index is 12.0. The van der Waals surface area contributed by atoms with Crippen LogP contribution in [0.3, 0.4) is 0 Å². The molecule has 0 radical (unpaired) electrons. The van der Waals surface area contributed by atoms with Crippen molar-refractivity contribution in [2.24, 2.45) is 0 Å². The number of amides is 1. The Morgan fingerprint density at radius 1 is 1.09 bits per heavy atom. The molecule has 1 amide bonds. The van der Waals surface area contributed by atoms with Gasteiger partial charge in [-0.25, -0.2) is 4.79 Å². The molecule has 5 nitrogen and oxygen atoms in total. The lowest BCUT2D eigenvalue weighted by molar-refractivity contribution is -0.133. The molecule has 0 aliphatic carbocycles. The minimum Gasteiger partial charge on any atom is -0.451 e. The Morgan fingerprint density at radius 3 is 2.35 bits per heavy atom. The van der Waals surface area contributed by atoms with Crippen LogP contribution < -0.4 is 4.90 Å². The third-order valence-electron chi connectivity index (χ3n) is 3.35. The lowest BCUT2D eigenvalue weighted by Gasteiger charge is -2.18. The summed E-state index contributed by atoms with van der Waals surface area (Å²) in [5, 5.41) is 1.79. The second-order valence-electron chi connectivity index (χ2n) is 5.36. The van der Waals surface area contributed by atoms with Gasteiger partial charge in [0.05, 0.1) is 0 Å². The Morgan fingerprint density at radius 2 is 1.78 bits per heavy atom. The highest BCUT2D eigenvalue weighted by atomic mass is 32.1. The molecule has 0 N–H and O–H groups in total. The van der Waals surface area contributed by atoms with Crippen LogP contribution in [0.5, 0.6) is 0 Å². The van der Waals surface area contributed by atoms with Crippen LogP contribution in [0, 0.1) is 0 Å². The average Bonchev–Trinajstić information content (AvgIpc) is 3.07. The van der Waals surface area contributed by atoms with E-state index in [-0.39, 0.29) is 12.5 Å². The molecule has 0 unspecified atom stereocenters. The molecule has 1 heterocycles. The largest absolute Gasteiger partial charge is 0.451 e. The van der Waals surface area contributed by atoms with E-state index in [1.807, 2.05) is 43.3 Å². The Bertz CT molecular complexity index is 651. The Balaban J connectivity index is 1.83. The number of benzene rings is 1. The highest BCUT2D eigenvalue weighted by Gasteiger charge is 2.14. The molecule has 0 atom stereocenters. The molecule has 23 heavy (non-hydrogen) atoms. The first-order valence-electron chi connectivity index (χ1n) is 7.18.